The zero-order valence-electron chi connectivity index (χ0n) is 9.77. The molecule has 2 heterocycles. The van der Waals surface area contributed by atoms with E-state index in [0.717, 1.165) is 17.0 Å². The van der Waals surface area contributed by atoms with Gasteiger partial charge in [0.05, 0.1) is 5.69 Å². The van der Waals surface area contributed by atoms with Crippen molar-refractivity contribution < 1.29 is 9.13 Å². The van der Waals surface area contributed by atoms with Crippen LogP contribution in [0.15, 0.2) is 36.5 Å². The molecule has 0 bridgehead atoms. The zero-order chi connectivity index (χ0) is 12.5. The van der Waals surface area contributed by atoms with Crippen LogP contribution in [0.3, 0.4) is 0 Å². The second-order valence-corrected chi connectivity index (χ2v) is 4.37. The van der Waals surface area contributed by atoms with Crippen LogP contribution in [0.25, 0.3) is 0 Å². The number of nitrogens with two attached hydrogens (primary N) is 1. The Morgan fingerprint density at radius 3 is 3.06 bits per heavy atom. The number of ether oxygens (including phenoxy) is 1. The minimum Gasteiger partial charge on any atom is -0.455 e. The van der Waals surface area contributed by atoms with Crippen molar-refractivity contribution in [2.75, 3.05) is 6.54 Å². The summed E-state index contributed by atoms with van der Waals surface area (Å²) in [6.45, 7) is 0.440. The summed E-state index contributed by atoms with van der Waals surface area (Å²) in [5.74, 6) is 1.15. The summed E-state index contributed by atoms with van der Waals surface area (Å²) in [6.07, 6.45) is 2.40. The van der Waals surface area contributed by atoms with Gasteiger partial charge in [0.25, 0.3) is 0 Å². The molecule has 4 heteroatoms. The molecule has 92 valence electrons. The molecule has 2 aromatic rings. The summed E-state index contributed by atoms with van der Waals surface area (Å²) in [5.41, 5.74) is 7.47. The molecular formula is C14H13FN2O. The molecule has 1 atom stereocenters. The number of aromatic nitrogens is 1. The van der Waals surface area contributed by atoms with E-state index in [1.165, 1.54) is 12.1 Å². The first-order valence-corrected chi connectivity index (χ1v) is 5.89. The molecule has 0 saturated carbocycles. The number of nitrogens with zero attached hydrogens (tertiary/aromatic N) is 1. The van der Waals surface area contributed by atoms with Crippen molar-refractivity contribution in [3.8, 4) is 11.5 Å². The standard InChI is InChI=1S/C14H13FN2O/c15-10-3-4-13-11(7-10)9(8-16)6-12-14(18-13)2-1-5-17-12/h1-5,7,9H,6,8,16H2/t9-/m0/s1. The van der Waals surface area contributed by atoms with Gasteiger partial charge in [-0.3, -0.25) is 4.98 Å². The lowest BCUT2D eigenvalue weighted by molar-refractivity contribution is 0.473. The predicted molar refractivity (Wildman–Crippen MR) is 66.2 cm³/mol. The second kappa shape index (κ2) is 4.38. The van der Waals surface area contributed by atoms with Gasteiger partial charge in [0.15, 0.2) is 0 Å². The van der Waals surface area contributed by atoms with Gasteiger partial charge in [0, 0.05) is 24.1 Å². The molecule has 0 unspecified atom stereocenters. The third-order valence-electron chi connectivity index (χ3n) is 3.20. The third kappa shape index (κ3) is 1.84. The van der Waals surface area contributed by atoms with E-state index in [0.29, 0.717) is 18.7 Å². The van der Waals surface area contributed by atoms with Crippen LogP contribution in [0, 0.1) is 5.82 Å². The Balaban J connectivity index is 2.14. The van der Waals surface area contributed by atoms with Gasteiger partial charge < -0.3 is 10.5 Å². The molecule has 3 rings (SSSR count). The highest BCUT2D eigenvalue weighted by Gasteiger charge is 2.23. The van der Waals surface area contributed by atoms with Crippen molar-refractivity contribution in [3.63, 3.8) is 0 Å². The summed E-state index contributed by atoms with van der Waals surface area (Å²) in [6, 6.07) is 8.24. The van der Waals surface area contributed by atoms with Crippen molar-refractivity contribution in [2.24, 2.45) is 5.73 Å². The van der Waals surface area contributed by atoms with Crippen molar-refractivity contribution in [2.45, 2.75) is 12.3 Å². The first kappa shape index (κ1) is 11.2. The summed E-state index contributed by atoms with van der Waals surface area (Å²) in [5, 5.41) is 0. The van der Waals surface area contributed by atoms with Gasteiger partial charge in [0.1, 0.15) is 17.3 Å². The van der Waals surface area contributed by atoms with Gasteiger partial charge in [-0.2, -0.15) is 0 Å². The molecule has 18 heavy (non-hydrogen) atoms. The molecule has 0 radical (unpaired) electrons. The number of rotatable bonds is 1. The second-order valence-electron chi connectivity index (χ2n) is 4.37. The van der Waals surface area contributed by atoms with Gasteiger partial charge in [-0.25, -0.2) is 4.39 Å². The highest BCUT2D eigenvalue weighted by molar-refractivity contribution is 5.45. The van der Waals surface area contributed by atoms with E-state index >= 15 is 0 Å². The number of fused-ring (bicyclic) bond motifs is 2. The first-order valence-electron chi connectivity index (χ1n) is 5.89. The fourth-order valence-corrected chi connectivity index (χ4v) is 2.27. The first-order chi connectivity index (χ1) is 8.78. The summed E-state index contributed by atoms with van der Waals surface area (Å²) in [7, 11) is 0. The molecule has 0 fully saturated rings. The van der Waals surface area contributed by atoms with Crippen LogP contribution in [-0.4, -0.2) is 11.5 Å². The number of hydrogen-bond donors (Lipinski definition) is 1. The Hall–Kier alpha value is -1.94. The van der Waals surface area contributed by atoms with Crippen LogP contribution < -0.4 is 10.5 Å². The van der Waals surface area contributed by atoms with Crippen LogP contribution in [0.1, 0.15) is 17.2 Å². The molecule has 0 aliphatic carbocycles. The van der Waals surface area contributed by atoms with E-state index in [2.05, 4.69) is 4.98 Å². The summed E-state index contributed by atoms with van der Waals surface area (Å²) >= 11 is 0. The molecule has 1 aromatic heterocycles. The smallest absolute Gasteiger partial charge is 0.148 e. The Morgan fingerprint density at radius 1 is 1.33 bits per heavy atom. The van der Waals surface area contributed by atoms with Gasteiger partial charge >= 0.3 is 0 Å². The number of benzene rings is 1. The molecule has 1 aliphatic rings. The Kier molecular flexibility index (Phi) is 2.72. The quantitative estimate of drug-likeness (QED) is 0.838. The SMILES string of the molecule is NC[C@@H]1Cc2ncccc2Oc2ccc(F)cc21. The number of halogens is 1. The molecule has 2 N–H and O–H groups in total. The van der Waals surface area contributed by atoms with Crippen LogP contribution in [0.4, 0.5) is 4.39 Å². The van der Waals surface area contributed by atoms with Gasteiger partial charge in [-0.15, -0.1) is 0 Å². The monoisotopic (exact) mass is 244 g/mol. The van der Waals surface area contributed by atoms with E-state index in [9.17, 15) is 4.39 Å². The maximum Gasteiger partial charge on any atom is 0.148 e. The Labute approximate surface area is 104 Å². The van der Waals surface area contributed by atoms with Crippen molar-refractivity contribution in [3.05, 3.63) is 53.6 Å². The van der Waals surface area contributed by atoms with E-state index in [1.807, 2.05) is 12.1 Å². The van der Waals surface area contributed by atoms with Crippen molar-refractivity contribution in [1.29, 1.82) is 0 Å². The summed E-state index contributed by atoms with van der Waals surface area (Å²) < 4.78 is 19.2. The Bertz CT molecular complexity index is 586. The number of pyridine rings is 1. The maximum absolute atomic E-state index is 13.4. The highest BCUT2D eigenvalue weighted by atomic mass is 19.1. The van der Waals surface area contributed by atoms with Crippen LogP contribution in [-0.2, 0) is 6.42 Å². The fourth-order valence-electron chi connectivity index (χ4n) is 2.27. The molecule has 1 aromatic carbocycles. The van der Waals surface area contributed by atoms with Crippen molar-refractivity contribution >= 4 is 0 Å². The minimum atomic E-state index is -0.269. The average Bonchev–Trinajstić information content (AvgIpc) is 2.54. The van der Waals surface area contributed by atoms with Crippen LogP contribution >= 0.6 is 0 Å². The largest absolute Gasteiger partial charge is 0.455 e. The van der Waals surface area contributed by atoms with E-state index in [4.69, 9.17) is 10.5 Å². The minimum absolute atomic E-state index is 0.0341. The predicted octanol–water partition coefficient (Wildman–Crippen LogP) is 2.61. The van der Waals surface area contributed by atoms with Crippen LogP contribution in [0.2, 0.25) is 0 Å². The zero-order valence-corrected chi connectivity index (χ0v) is 9.77. The molecule has 3 nitrogen and oxygen atoms in total. The lowest BCUT2D eigenvalue weighted by atomic mass is 9.94. The normalized spacial score (nSPS) is 17.3. The molecular weight excluding hydrogens is 231 g/mol. The lowest BCUT2D eigenvalue weighted by Crippen LogP contribution is -2.15. The fraction of sp³-hybridized carbons (Fsp3) is 0.214. The Morgan fingerprint density at radius 2 is 2.22 bits per heavy atom. The number of hydrogen-bond acceptors (Lipinski definition) is 3. The molecule has 0 saturated heterocycles. The van der Waals surface area contributed by atoms with E-state index in [-0.39, 0.29) is 11.7 Å². The van der Waals surface area contributed by atoms with E-state index in [1.54, 1.807) is 12.3 Å². The molecule has 0 amide bonds. The molecule has 1 aliphatic heterocycles. The summed E-state index contributed by atoms with van der Waals surface area (Å²) in [4.78, 5) is 4.31. The van der Waals surface area contributed by atoms with Crippen molar-refractivity contribution in [1.82, 2.24) is 4.98 Å². The topological polar surface area (TPSA) is 48.1 Å². The molecule has 0 spiro atoms. The van der Waals surface area contributed by atoms with Gasteiger partial charge in [-0.05, 0) is 36.9 Å². The lowest BCUT2D eigenvalue weighted by Gasteiger charge is -2.13. The third-order valence-corrected chi connectivity index (χ3v) is 3.20. The highest BCUT2D eigenvalue weighted by Crippen LogP contribution is 2.38. The van der Waals surface area contributed by atoms with Crippen LogP contribution in [0.5, 0.6) is 11.5 Å². The van der Waals surface area contributed by atoms with Gasteiger partial charge in [0.2, 0.25) is 0 Å². The van der Waals surface area contributed by atoms with E-state index < -0.39 is 0 Å². The maximum atomic E-state index is 13.4. The van der Waals surface area contributed by atoms with Gasteiger partial charge in [-0.1, -0.05) is 0 Å². The average molecular weight is 244 g/mol.